The first kappa shape index (κ1) is 28.2. The van der Waals surface area contributed by atoms with Gasteiger partial charge in [0.15, 0.2) is 11.4 Å². The number of ether oxygens (including phenoxy) is 2. The van der Waals surface area contributed by atoms with E-state index in [1.54, 1.807) is 0 Å². The minimum absolute atomic E-state index is 0.546. The summed E-state index contributed by atoms with van der Waals surface area (Å²) in [4.78, 5) is 7.34. The zero-order valence-corrected chi connectivity index (χ0v) is 26.5. The first-order valence-electron chi connectivity index (χ1n) is 15.8. The molecular weight excluding hydrogens is 606 g/mol. The van der Waals surface area contributed by atoms with Gasteiger partial charge in [-0.25, -0.2) is 9.69 Å². The molecule has 0 saturated carbocycles. The van der Waals surface area contributed by atoms with Gasteiger partial charge in [0.05, 0.1) is 46.8 Å². The van der Waals surface area contributed by atoms with E-state index in [1.165, 1.54) is 0 Å². The smallest absolute Gasteiger partial charge is 0.245 e. The van der Waals surface area contributed by atoms with Gasteiger partial charge in [-0.05, 0) is 95.7 Å². The molecule has 0 atom stereocenters. The lowest BCUT2D eigenvalue weighted by atomic mass is 10.0. The maximum Gasteiger partial charge on any atom is 0.245 e. The highest BCUT2D eigenvalue weighted by Gasteiger charge is 2.30. The quantitative estimate of drug-likeness (QED) is 0.178. The molecular formula is C42H25N5O2. The van der Waals surface area contributed by atoms with Gasteiger partial charge in [-0.15, -0.1) is 0 Å². The summed E-state index contributed by atoms with van der Waals surface area (Å²) in [6.45, 7) is 19.0. The van der Waals surface area contributed by atoms with Gasteiger partial charge in [-0.1, -0.05) is 30.3 Å². The van der Waals surface area contributed by atoms with Crippen molar-refractivity contribution in [3.8, 4) is 40.1 Å². The molecule has 7 nitrogen and oxygen atoms in total. The molecule has 1 aliphatic rings. The van der Waals surface area contributed by atoms with E-state index >= 15 is 0 Å². The van der Waals surface area contributed by atoms with E-state index < -0.39 is 5.79 Å². The Hall–Kier alpha value is -7.01. The fourth-order valence-corrected chi connectivity index (χ4v) is 7.20. The fraction of sp³-hybridized carbons (Fsp3) is 0.0714. The Morgan fingerprint density at radius 2 is 1.06 bits per heavy atom. The Labute approximate surface area is 281 Å². The highest BCUT2D eigenvalue weighted by molar-refractivity contribution is 6.12. The summed E-state index contributed by atoms with van der Waals surface area (Å²) in [5.74, 6) is 0.461. The van der Waals surface area contributed by atoms with E-state index in [0.717, 1.165) is 66.1 Å². The molecule has 0 spiro atoms. The summed E-state index contributed by atoms with van der Waals surface area (Å²) < 4.78 is 17.4. The van der Waals surface area contributed by atoms with Crippen LogP contribution < -0.4 is 9.47 Å². The number of fused-ring (bicyclic) bond motifs is 9. The molecule has 0 bridgehead atoms. The van der Waals surface area contributed by atoms with Crippen LogP contribution in [0.2, 0.25) is 0 Å². The van der Waals surface area contributed by atoms with Crippen LogP contribution in [0.15, 0.2) is 115 Å². The molecule has 7 heteroatoms. The second-order valence-corrected chi connectivity index (χ2v) is 12.6. The molecule has 6 aromatic carbocycles. The zero-order valence-electron chi connectivity index (χ0n) is 26.5. The van der Waals surface area contributed by atoms with E-state index in [4.69, 9.17) is 22.6 Å². The summed E-state index contributed by atoms with van der Waals surface area (Å²) >= 11 is 0. The lowest BCUT2D eigenvalue weighted by Crippen LogP contribution is -2.34. The van der Waals surface area contributed by atoms with Crippen LogP contribution >= 0.6 is 0 Å². The third-order valence-corrected chi connectivity index (χ3v) is 9.24. The first-order chi connectivity index (χ1) is 23.9. The second kappa shape index (κ2) is 10.2. The third kappa shape index (κ3) is 4.26. The minimum Gasteiger partial charge on any atom is -0.452 e. The normalized spacial score (nSPS) is 13.1. The molecule has 1 aliphatic heterocycles. The maximum absolute atomic E-state index is 9.63. The van der Waals surface area contributed by atoms with E-state index in [2.05, 4.69) is 55.2 Å². The van der Waals surface area contributed by atoms with E-state index in [0.29, 0.717) is 28.4 Å². The number of benzene rings is 6. The Morgan fingerprint density at radius 3 is 1.59 bits per heavy atom. The van der Waals surface area contributed by atoms with Gasteiger partial charge in [0.1, 0.15) is 11.5 Å². The van der Waals surface area contributed by atoms with Crippen molar-refractivity contribution in [2.24, 2.45) is 0 Å². The molecule has 8 aromatic rings. The van der Waals surface area contributed by atoms with Crippen molar-refractivity contribution in [2.75, 3.05) is 0 Å². The Bertz CT molecular complexity index is 2780. The van der Waals surface area contributed by atoms with Crippen LogP contribution in [0.5, 0.6) is 11.5 Å². The molecule has 0 amide bonds. The summed E-state index contributed by atoms with van der Waals surface area (Å²) in [5.41, 5.74) is 9.23. The van der Waals surface area contributed by atoms with Gasteiger partial charge in [-0.2, -0.15) is 5.26 Å². The lowest BCUT2D eigenvalue weighted by molar-refractivity contribution is -0.0778. The van der Waals surface area contributed by atoms with Crippen molar-refractivity contribution in [1.29, 1.82) is 5.26 Å². The summed E-state index contributed by atoms with van der Waals surface area (Å²) in [5, 5.41) is 13.6. The molecule has 0 aliphatic carbocycles. The monoisotopic (exact) mass is 631 g/mol. The topological polar surface area (TPSA) is 60.8 Å². The van der Waals surface area contributed by atoms with Gasteiger partial charge in [-0.3, -0.25) is 0 Å². The van der Waals surface area contributed by atoms with Crippen molar-refractivity contribution >= 4 is 55.0 Å². The van der Waals surface area contributed by atoms with E-state index in [1.807, 2.05) is 98.8 Å². The number of hydrogen-bond donors (Lipinski definition) is 0. The lowest BCUT2D eigenvalue weighted by Gasteiger charge is -2.25. The van der Waals surface area contributed by atoms with Gasteiger partial charge in [0.25, 0.3) is 0 Å². The molecule has 230 valence electrons. The van der Waals surface area contributed by atoms with Crippen LogP contribution in [0, 0.1) is 24.5 Å². The van der Waals surface area contributed by atoms with Crippen LogP contribution in [0.3, 0.4) is 0 Å². The Balaban J connectivity index is 1.30. The molecule has 3 heterocycles. The number of aromatic nitrogens is 2. The van der Waals surface area contributed by atoms with Crippen LogP contribution in [-0.2, 0) is 0 Å². The van der Waals surface area contributed by atoms with Crippen LogP contribution in [0.25, 0.3) is 75.8 Å². The van der Waals surface area contributed by atoms with Crippen molar-refractivity contribution in [3.05, 3.63) is 144 Å². The number of hydrogen-bond acceptors (Lipinski definition) is 3. The maximum atomic E-state index is 9.63. The molecule has 0 radical (unpaired) electrons. The number of nitrogens with zero attached hydrogens (tertiary/aromatic N) is 5. The minimum atomic E-state index is -0.928. The average molecular weight is 632 g/mol. The molecule has 2 aromatic heterocycles. The predicted octanol–water partition coefficient (Wildman–Crippen LogP) is 11.0. The average Bonchev–Trinajstić information content (AvgIpc) is 3.59. The highest BCUT2D eigenvalue weighted by atomic mass is 16.7. The van der Waals surface area contributed by atoms with Gasteiger partial charge >= 0.3 is 0 Å². The molecule has 9 rings (SSSR count). The molecule has 0 N–H and O–H groups in total. The largest absolute Gasteiger partial charge is 0.452 e. The van der Waals surface area contributed by atoms with E-state index in [-0.39, 0.29) is 0 Å². The van der Waals surface area contributed by atoms with Crippen molar-refractivity contribution < 1.29 is 9.47 Å². The molecule has 0 unspecified atom stereocenters. The van der Waals surface area contributed by atoms with Crippen molar-refractivity contribution in [1.82, 2.24) is 9.13 Å². The van der Waals surface area contributed by atoms with Crippen LogP contribution in [-0.4, -0.2) is 14.9 Å². The standard InChI is InChI=1S/C42H25N5O2/c1-42(2)48-40-17-12-28(46-36-8-6-5-7-30(36)31-19-25(24-43)9-14-37(31)46)22-34(40)35-23-29(13-18-41(35)49-42)47-38-15-10-26(44-3)20-32(38)33-21-27(45-4)11-16-39(33)47/h5-23H,1-2H3. The first-order valence-corrected chi connectivity index (χ1v) is 15.8. The SMILES string of the molecule is [C-]#[N+]c1ccc2c(c1)c1cc([N+]#[C-])ccc1n2-c1ccc2c(c1)-c1cc(-n3c4ccccc4c4cc(C#N)ccc43)ccc1OC(C)(C)O2. The Kier molecular flexibility index (Phi) is 5.90. The van der Waals surface area contributed by atoms with E-state index in [9.17, 15) is 5.26 Å². The second-order valence-electron chi connectivity index (χ2n) is 12.6. The number of para-hydroxylation sites is 1. The summed E-state index contributed by atoms with van der Waals surface area (Å²) in [6.07, 6.45) is 0. The fourth-order valence-electron chi connectivity index (χ4n) is 7.20. The van der Waals surface area contributed by atoms with Crippen LogP contribution in [0.4, 0.5) is 11.4 Å². The number of rotatable bonds is 2. The number of nitriles is 1. The summed E-state index contributed by atoms with van der Waals surface area (Å²) in [7, 11) is 0. The molecule has 0 saturated heterocycles. The van der Waals surface area contributed by atoms with Gasteiger partial charge in [0, 0.05) is 47.1 Å². The van der Waals surface area contributed by atoms with Crippen molar-refractivity contribution in [3.63, 3.8) is 0 Å². The third-order valence-electron chi connectivity index (χ3n) is 9.24. The zero-order chi connectivity index (χ0) is 33.4. The van der Waals surface area contributed by atoms with Crippen LogP contribution in [0.1, 0.15) is 19.4 Å². The van der Waals surface area contributed by atoms with Crippen molar-refractivity contribution in [2.45, 2.75) is 19.6 Å². The Morgan fingerprint density at radius 1 is 0.571 bits per heavy atom. The van der Waals surface area contributed by atoms with Gasteiger partial charge < -0.3 is 18.6 Å². The summed E-state index contributed by atoms with van der Waals surface area (Å²) in [6, 6.07) is 40.1. The van der Waals surface area contributed by atoms with Gasteiger partial charge in [0.2, 0.25) is 5.79 Å². The predicted molar refractivity (Wildman–Crippen MR) is 193 cm³/mol. The molecule has 49 heavy (non-hydrogen) atoms. The molecule has 0 fully saturated rings. The highest BCUT2D eigenvalue weighted by Crippen LogP contribution is 2.46.